The first-order chi connectivity index (χ1) is 12.0. The van der Waals surface area contributed by atoms with Crippen LogP contribution in [-0.2, 0) is 4.79 Å². The molecule has 0 bridgehead atoms. The Kier molecular flexibility index (Phi) is 5.73. The molecule has 1 fully saturated rings. The summed E-state index contributed by atoms with van der Waals surface area (Å²) in [6.07, 6.45) is 1.40. The van der Waals surface area contributed by atoms with Gasteiger partial charge in [0.2, 0.25) is 5.91 Å². The van der Waals surface area contributed by atoms with Gasteiger partial charge < -0.3 is 10.2 Å². The summed E-state index contributed by atoms with van der Waals surface area (Å²) in [4.78, 5) is 26.9. The fraction of sp³-hybridized carbons (Fsp3) is 0.300. The van der Waals surface area contributed by atoms with Gasteiger partial charge in [-0.1, -0.05) is 18.2 Å². The topological polar surface area (TPSA) is 49.4 Å². The highest BCUT2D eigenvalue weighted by atomic mass is 127. The van der Waals surface area contributed by atoms with Crippen LogP contribution in [-0.4, -0.2) is 29.8 Å². The molecule has 1 aliphatic heterocycles. The molecule has 0 spiro atoms. The predicted molar refractivity (Wildman–Crippen MR) is 108 cm³/mol. The van der Waals surface area contributed by atoms with Crippen molar-refractivity contribution in [3.63, 3.8) is 0 Å². The molecule has 2 amide bonds. The summed E-state index contributed by atoms with van der Waals surface area (Å²) in [5, 5.41) is 2.98. The SMILES string of the molecule is Cc1ccccc1C(=O)N1CCC(C(=O)Nc2ccc(I)cc2)CC1. The fourth-order valence-electron chi connectivity index (χ4n) is 3.11. The van der Waals surface area contributed by atoms with Crippen LogP contribution in [0.1, 0.15) is 28.8 Å². The average Bonchev–Trinajstić information content (AvgIpc) is 2.63. The molecule has 0 unspecified atom stereocenters. The van der Waals surface area contributed by atoms with E-state index in [4.69, 9.17) is 0 Å². The van der Waals surface area contributed by atoms with Crippen molar-refractivity contribution in [2.75, 3.05) is 18.4 Å². The lowest BCUT2D eigenvalue weighted by atomic mass is 9.95. The second-order valence-electron chi connectivity index (χ2n) is 6.38. The second-order valence-corrected chi connectivity index (χ2v) is 7.62. The van der Waals surface area contributed by atoms with Gasteiger partial charge in [-0.25, -0.2) is 0 Å². The number of likely N-dealkylation sites (tertiary alicyclic amines) is 1. The number of nitrogens with zero attached hydrogens (tertiary/aromatic N) is 1. The lowest BCUT2D eigenvalue weighted by Crippen LogP contribution is -2.41. The molecular weight excluding hydrogens is 427 g/mol. The lowest BCUT2D eigenvalue weighted by molar-refractivity contribution is -0.121. The number of rotatable bonds is 3. The highest BCUT2D eigenvalue weighted by molar-refractivity contribution is 14.1. The summed E-state index contributed by atoms with van der Waals surface area (Å²) in [6, 6.07) is 15.4. The Hall–Kier alpha value is -1.89. The first kappa shape index (κ1) is 17.9. The maximum absolute atomic E-state index is 12.6. The smallest absolute Gasteiger partial charge is 0.254 e. The zero-order valence-corrected chi connectivity index (χ0v) is 16.3. The minimum Gasteiger partial charge on any atom is -0.339 e. The summed E-state index contributed by atoms with van der Waals surface area (Å²) in [5.41, 5.74) is 2.57. The number of anilines is 1. The summed E-state index contributed by atoms with van der Waals surface area (Å²) in [7, 11) is 0. The van der Waals surface area contributed by atoms with Crippen LogP contribution < -0.4 is 5.32 Å². The number of benzene rings is 2. The van der Waals surface area contributed by atoms with Crippen molar-refractivity contribution in [2.45, 2.75) is 19.8 Å². The van der Waals surface area contributed by atoms with Gasteiger partial charge in [-0.3, -0.25) is 9.59 Å². The molecule has 1 N–H and O–H groups in total. The van der Waals surface area contributed by atoms with E-state index in [2.05, 4.69) is 27.9 Å². The Bertz CT molecular complexity index is 766. The Morgan fingerprint density at radius 3 is 2.32 bits per heavy atom. The van der Waals surface area contributed by atoms with Gasteiger partial charge in [-0.2, -0.15) is 0 Å². The van der Waals surface area contributed by atoms with Gasteiger partial charge in [-0.15, -0.1) is 0 Å². The van der Waals surface area contributed by atoms with Gasteiger partial charge in [0, 0.05) is 33.8 Å². The number of halogens is 1. The Morgan fingerprint density at radius 1 is 1.04 bits per heavy atom. The van der Waals surface area contributed by atoms with Crippen molar-refractivity contribution in [2.24, 2.45) is 5.92 Å². The largest absolute Gasteiger partial charge is 0.339 e. The highest BCUT2D eigenvalue weighted by Gasteiger charge is 2.28. The van der Waals surface area contributed by atoms with Crippen molar-refractivity contribution in [3.05, 3.63) is 63.2 Å². The Labute approximate surface area is 161 Å². The maximum Gasteiger partial charge on any atom is 0.254 e. The van der Waals surface area contributed by atoms with Crippen LogP contribution in [0.3, 0.4) is 0 Å². The zero-order valence-electron chi connectivity index (χ0n) is 14.2. The summed E-state index contributed by atoms with van der Waals surface area (Å²) in [6.45, 7) is 3.20. The third-order valence-electron chi connectivity index (χ3n) is 4.64. The van der Waals surface area contributed by atoms with Crippen molar-refractivity contribution < 1.29 is 9.59 Å². The van der Waals surface area contributed by atoms with Crippen molar-refractivity contribution >= 4 is 40.1 Å². The number of hydrogen-bond acceptors (Lipinski definition) is 2. The van der Waals surface area contributed by atoms with Gasteiger partial charge >= 0.3 is 0 Å². The standard InChI is InChI=1S/C20H21IN2O2/c1-14-4-2-3-5-18(14)20(25)23-12-10-15(11-13-23)19(24)22-17-8-6-16(21)7-9-17/h2-9,15H,10-13H2,1H3,(H,22,24). The van der Waals surface area contributed by atoms with E-state index in [-0.39, 0.29) is 17.7 Å². The van der Waals surface area contributed by atoms with Crippen LogP contribution in [0.15, 0.2) is 48.5 Å². The molecule has 1 saturated heterocycles. The van der Waals surface area contributed by atoms with Crippen LogP contribution in [0.2, 0.25) is 0 Å². The molecule has 5 heteroatoms. The molecule has 0 atom stereocenters. The van der Waals surface area contributed by atoms with Crippen LogP contribution in [0.5, 0.6) is 0 Å². The molecule has 4 nitrogen and oxygen atoms in total. The van der Waals surface area contributed by atoms with Crippen LogP contribution in [0, 0.1) is 16.4 Å². The molecule has 25 heavy (non-hydrogen) atoms. The molecule has 3 rings (SSSR count). The average molecular weight is 448 g/mol. The fourth-order valence-corrected chi connectivity index (χ4v) is 3.47. The molecule has 2 aromatic rings. The number of aryl methyl sites for hydroxylation is 1. The molecule has 1 heterocycles. The number of piperidine rings is 1. The van der Waals surface area contributed by atoms with E-state index in [1.54, 1.807) is 0 Å². The van der Waals surface area contributed by atoms with E-state index >= 15 is 0 Å². The second kappa shape index (κ2) is 7.99. The third kappa shape index (κ3) is 4.39. The molecular formula is C20H21IN2O2. The Morgan fingerprint density at radius 2 is 1.68 bits per heavy atom. The van der Waals surface area contributed by atoms with E-state index in [1.807, 2.05) is 60.4 Å². The van der Waals surface area contributed by atoms with Crippen LogP contribution in [0.25, 0.3) is 0 Å². The van der Waals surface area contributed by atoms with E-state index in [1.165, 1.54) is 0 Å². The normalized spacial score (nSPS) is 15.0. The number of amides is 2. The zero-order chi connectivity index (χ0) is 17.8. The van der Waals surface area contributed by atoms with Gasteiger partial charge in [0.15, 0.2) is 0 Å². The molecule has 0 saturated carbocycles. The molecule has 130 valence electrons. The van der Waals surface area contributed by atoms with E-state index < -0.39 is 0 Å². The minimum absolute atomic E-state index is 0.0415. The van der Waals surface area contributed by atoms with Crippen molar-refractivity contribution in [1.82, 2.24) is 4.90 Å². The molecule has 0 radical (unpaired) electrons. The molecule has 0 aromatic heterocycles. The highest BCUT2D eigenvalue weighted by Crippen LogP contribution is 2.22. The molecule has 2 aromatic carbocycles. The quantitative estimate of drug-likeness (QED) is 0.720. The van der Waals surface area contributed by atoms with E-state index in [0.29, 0.717) is 25.9 Å². The lowest BCUT2D eigenvalue weighted by Gasteiger charge is -2.31. The Balaban J connectivity index is 1.56. The van der Waals surface area contributed by atoms with E-state index in [9.17, 15) is 9.59 Å². The number of carbonyl (C=O) groups excluding carboxylic acids is 2. The van der Waals surface area contributed by atoms with E-state index in [0.717, 1.165) is 20.4 Å². The molecule has 0 aliphatic carbocycles. The van der Waals surface area contributed by atoms with Crippen molar-refractivity contribution in [1.29, 1.82) is 0 Å². The first-order valence-electron chi connectivity index (χ1n) is 8.46. The predicted octanol–water partition coefficient (Wildman–Crippen LogP) is 4.09. The van der Waals surface area contributed by atoms with Crippen LogP contribution >= 0.6 is 22.6 Å². The summed E-state index contributed by atoms with van der Waals surface area (Å²) >= 11 is 2.24. The number of carbonyl (C=O) groups is 2. The maximum atomic E-state index is 12.6. The first-order valence-corrected chi connectivity index (χ1v) is 9.54. The van der Waals surface area contributed by atoms with Gasteiger partial charge in [-0.05, 0) is 78.3 Å². The monoisotopic (exact) mass is 448 g/mol. The van der Waals surface area contributed by atoms with Gasteiger partial charge in [0.1, 0.15) is 0 Å². The van der Waals surface area contributed by atoms with Gasteiger partial charge in [0.05, 0.1) is 0 Å². The summed E-state index contributed by atoms with van der Waals surface area (Å²) < 4.78 is 1.14. The number of hydrogen-bond donors (Lipinski definition) is 1. The minimum atomic E-state index is -0.0415. The third-order valence-corrected chi connectivity index (χ3v) is 5.36. The van der Waals surface area contributed by atoms with Gasteiger partial charge in [0.25, 0.3) is 5.91 Å². The van der Waals surface area contributed by atoms with Crippen LogP contribution in [0.4, 0.5) is 5.69 Å². The van der Waals surface area contributed by atoms with Crippen molar-refractivity contribution in [3.8, 4) is 0 Å². The molecule has 1 aliphatic rings. The summed E-state index contributed by atoms with van der Waals surface area (Å²) in [5.74, 6) is 0.0685. The number of nitrogens with one attached hydrogen (secondary N) is 1.